The van der Waals surface area contributed by atoms with Gasteiger partial charge in [-0.05, 0) is 12.5 Å². The molecule has 0 spiro atoms. The summed E-state index contributed by atoms with van der Waals surface area (Å²) in [6.07, 6.45) is -0.194. The smallest absolute Gasteiger partial charge is 0.245 e. The van der Waals surface area contributed by atoms with Crippen LogP contribution in [0.25, 0.3) is 0 Å². The summed E-state index contributed by atoms with van der Waals surface area (Å²) in [6, 6.07) is 8.61. The van der Waals surface area contributed by atoms with Crippen LogP contribution in [0.2, 0.25) is 0 Å². The SMILES string of the molecule is C=C(C)[C@@H](C(=O)N(C)S(C)(=O)=O)[C@H](O)c1ccccc1. The van der Waals surface area contributed by atoms with E-state index in [2.05, 4.69) is 6.58 Å². The van der Waals surface area contributed by atoms with Crippen LogP contribution in [-0.2, 0) is 14.8 Å². The fourth-order valence-electron chi connectivity index (χ4n) is 1.82. The van der Waals surface area contributed by atoms with Crippen molar-refractivity contribution >= 4 is 15.9 Å². The number of aliphatic hydroxyl groups excluding tert-OH is 1. The molecule has 0 aromatic heterocycles. The van der Waals surface area contributed by atoms with Crippen molar-refractivity contribution in [1.29, 1.82) is 0 Å². The van der Waals surface area contributed by atoms with Gasteiger partial charge in [-0.25, -0.2) is 12.7 Å². The topological polar surface area (TPSA) is 74.7 Å². The van der Waals surface area contributed by atoms with Crippen LogP contribution in [0.1, 0.15) is 18.6 Å². The highest BCUT2D eigenvalue weighted by Gasteiger charge is 2.33. The zero-order valence-corrected chi connectivity index (χ0v) is 12.6. The number of hydrogen-bond donors (Lipinski definition) is 1. The average molecular weight is 297 g/mol. The minimum atomic E-state index is -3.66. The molecule has 110 valence electrons. The summed E-state index contributed by atoms with van der Waals surface area (Å²) in [5.74, 6) is -1.70. The zero-order valence-electron chi connectivity index (χ0n) is 11.8. The Morgan fingerprint density at radius 1 is 1.30 bits per heavy atom. The van der Waals surface area contributed by atoms with Crippen molar-refractivity contribution in [1.82, 2.24) is 4.31 Å². The highest BCUT2D eigenvalue weighted by atomic mass is 32.2. The summed E-state index contributed by atoms with van der Waals surface area (Å²) in [6.45, 7) is 5.27. The molecule has 1 amide bonds. The van der Waals surface area contributed by atoms with Crippen LogP contribution in [-0.4, -0.2) is 37.0 Å². The third-order valence-electron chi connectivity index (χ3n) is 3.06. The van der Waals surface area contributed by atoms with Crippen LogP contribution in [0, 0.1) is 5.92 Å². The summed E-state index contributed by atoms with van der Waals surface area (Å²) in [4.78, 5) is 12.3. The normalized spacial score (nSPS) is 14.4. The largest absolute Gasteiger partial charge is 0.387 e. The van der Waals surface area contributed by atoms with Crippen LogP contribution in [0.4, 0.5) is 0 Å². The van der Waals surface area contributed by atoms with E-state index in [0.717, 1.165) is 6.26 Å². The first kappa shape index (κ1) is 16.4. The summed E-state index contributed by atoms with van der Waals surface area (Å²) >= 11 is 0. The molecule has 0 fully saturated rings. The molecule has 0 radical (unpaired) electrons. The number of hydrogen-bond acceptors (Lipinski definition) is 4. The van der Waals surface area contributed by atoms with Gasteiger partial charge in [0, 0.05) is 7.05 Å². The van der Waals surface area contributed by atoms with Crippen LogP contribution in [0.3, 0.4) is 0 Å². The van der Waals surface area contributed by atoms with E-state index in [1.54, 1.807) is 37.3 Å². The van der Waals surface area contributed by atoms with E-state index >= 15 is 0 Å². The van der Waals surface area contributed by atoms with E-state index in [9.17, 15) is 18.3 Å². The van der Waals surface area contributed by atoms with Crippen molar-refractivity contribution in [2.45, 2.75) is 13.0 Å². The Morgan fingerprint density at radius 3 is 2.20 bits per heavy atom. The van der Waals surface area contributed by atoms with Crippen LogP contribution in [0.5, 0.6) is 0 Å². The molecule has 0 saturated heterocycles. The van der Waals surface area contributed by atoms with Gasteiger partial charge >= 0.3 is 0 Å². The van der Waals surface area contributed by atoms with Gasteiger partial charge in [0.15, 0.2) is 0 Å². The van der Waals surface area contributed by atoms with Crippen LogP contribution >= 0.6 is 0 Å². The molecular formula is C14H19NO4S. The molecule has 0 saturated carbocycles. The predicted molar refractivity (Wildman–Crippen MR) is 77.3 cm³/mol. The fourth-order valence-corrected chi connectivity index (χ4v) is 2.26. The number of amides is 1. The number of nitrogens with zero attached hydrogens (tertiary/aromatic N) is 1. The second-order valence-electron chi connectivity index (χ2n) is 4.75. The van der Waals surface area contributed by atoms with Gasteiger partial charge in [0.2, 0.25) is 15.9 Å². The van der Waals surface area contributed by atoms with E-state index in [4.69, 9.17) is 0 Å². The number of aliphatic hydroxyl groups is 1. The first-order valence-corrected chi connectivity index (χ1v) is 7.87. The lowest BCUT2D eigenvalue weighted by molar-refractivity contribution is -0.131. The molecule has 0 unspecified atom stereocenters. The molecule has 0 aliphatic carbocycles. The number of carbonyl (C=O) groups excluding carboxylic acids is 1. The molecule has 6 heteroatoms. The Labute approximate surface area is 119 Å². The Bertz CT molecular complexity index is 595. The van der Waals surface area contributed by atoms with Gasteiger partial charge in [0.25, 0.3) is 0 Å². The first-order valence-electron chi connectivity index (χ1n) is 6.02. The third kappa shape index (κ3) is 3.68. The molecule has 1 rings (SSSR count). The molecule has 1 aromatic rings. The Morgan fingerprint density at radius 2 is 1.80 bits per heavy atom. The predicted octanol–water partition coefficient (Wildman–Crippen LogP) is 1.33. The highest BCUT2D eigenvalue weighted by molar-refractivity contribution is 7.88. The lowest BCUT2D eigenvalue weighted by Crippen LogP contribution is -2.39. The molecule has 1 aromatic carbocycles. The van der Waals surface area contributed by atoms with Crippen molar-refractivity contribution in [3.63, 3.8) is 0 Å². The van der Waals surface area contributed by atoms with E-state index < -0.39 is 28.0 Å². The van der Waals surface area contributed by atoms with Gasteiger partial charge in [0.05, 0.1) is 18.3 Å². The maximum atomic E-state index is 12.3. The van der Waals surface area contributed by atoms with E-state index in [1.165, 1.54) is 7.05 Å². The second-order valence-corrected chi connectivity index (χ2v) is 6.76. The summed E-state index contributed by atoms with van der Waals surface area (Å²) in [5.41, 5.74) is 0.942. The number of benzene rings is 1. The monoisotopic (exact) mass is 297 g/mol. The number of carbonyl (C=O) groups is 1. The maximum absolute atomic E-state index is 12.3. The third-order valence-corrected chi connectivity index (χ3v) is 4.24. The Balaban J connectivity index is 3.13. The number of sulfonamides is 1. The first-order chi connectivity index (χ1) is 9.16. The lowest BCUT2D eigenvalue weighted by atomic mass is 9.90. The Hall–Kier alpha value is -1.66. The van der Waals surface area contributed by atoms with Crippen LogP contribution in [0.15, 0.2) is 42.5 Å². The van der Waals surface area contributed by atoms with Gasteiger partial charge < -0.3 is 5.11 Å². The van der Waals surface area contributed by atoms with Crippen LogP contribution < -0.4 is 0 Å². The highest BCUT2D eigenvalue weighted by Crippen LogP contribution is 2.29. The Kier molecular flexibility index (Phi) is 5.08. The minimum absolute atomic E-state index is 0.404. The van der Waals surface area contributed by atoms with Gasteiger partial charge in [-0.15, -0.1) is 0 Å². The van der Waals surface area contributed by atoms with Crippen molar-refractivity contribution in [3.05, 3.63) is 48.0 Å². The van der Waals surface area contributed by atoms with Crippen molar-refractivity contribution in [2.75, 3.05) is 13.3 Å². The van der Waals surface area contributed by atoms with Gasteiger partial charge in [0.1, 0.15) is 0 Å². The quantitative estimate of drug-likeness (QED) is 0.832. The van der Waals surface area contributed by atoms with Crippen molar-refractivity contribution in [2.24, 2.45) is 5.92 Å². The average Bonchev–Trinajstić information content (AvgIpc) is 2.37. The summed E-state index contributed by atoms with van der Waals surface area (Å²) < 4.78 is 23.5. The molecule has 20 heavy (non-hydrogen) atoms. The number of rotatable bonds is 5. The van der Waals surface area contributed by atoms with Gasteiger partial charge in [-0.2, -0.15) is 0 Å². The molecule has 5 nitrogen and oxygen atoms in total. The second kappa shape index (κ2) is 6.19. The van der Waals surface area contributed by atoms with E-state index in [0.29, 0.717) is 15.4 Å². The van der Waals surface area contributed by atoms with Crippen molar-refractivity contribution in [3.8, 4) is 0 Å². The maximum Gasteiger partial charge on any atom is 0.245 e. The van der Waals surface area contributed by atoms with Gasteiger partial charge in [-0.1, -0.05) is 42.5 Å². The molecule has 0 heterocycles. The molecular weight excluding hydrogens is 278 g/mol. The van der Waals surface area contributed by atoms with E-state index in [1.807, 2.05) is 0 Å². The molecule has 0 bridgehead atoms. The van der Waals surface area contributed by atoms with Gasteiger partial charge in [-0.3, -0.25) is 4.79 Å². The van der Waals surface area contributed by atoms with E-state index in [-0.39, 0.29) is 0 Å². The molecule has 0 aliphatic rings. The zero-order chi connectivity index (χ0) is 15.5. The standard InChI is InChI=1S/C14H19NO4S/c1-10(2)12(14(17)15(3)20(4,18)19)13(16)11-8-6-5-7-9-11/h5-9,12-13,16H,1H2,2-4H3/t12-,13-/m1/s1. The minimum Gasteiger partial charge on any atom is -0.387 e. The lowest BCUT2D eigenvalue weighted by Gasteiger charge is -2.26. The summed E-state index contributed by atoms with van der Waals surface area (Å²) in [5, 5.41) is 10.3. The molecule has 2 atom stereocenters. The molecule has 1 N–H and O–H groups in total. The molecule has 0 aliphatic heterocycles. The summed E-state index contributed by atoms with van der Waals surface area (Å²) in [7, 11) is -2.49. The van der Waals surface area contributed by atoms with Crippen molar-refractivity contribution < 1.29 is 18.3 Å². The fraction of sp³-hybridized carbons (Fsp3) is 0.357.